The second-order valence-corrected chi connectivity index (χ2v) is 9.08. The molecule has 0 N–H and O–H groups in total. The number of amidine groups is 1. The van der Waals surface area contributed by atoms with Gasteiger partial charge in [-0.25, -0.2) is 4.99 Å². The van der Waals surface area contributed by atoms with Gasteiger partial charge in [-0.1, -0.05) is 56.8 Å². The maximum Gasteiger partial charge on any atom is 0.260 e. The number of halogens is 1. The number of hydrogen-bond acceptors (Lipinski definition) is 6. The molecule has 0 atom stereocenters. The minimum atomic E-state index is -0.161. The van der Waals surface area contributed by atoms with Gasteiger partial charge in [0.1, 0.15) is 5.76 Å². The molecule has 1 heterocycles. The van der Waals surface area contributed by atoms with Crippen molar-refractivity contribution >= 4 is 34.4 Å². The Hall–Kier alpha value is -2.92. The van der Waals surface area contributed by atoms with Crippen molar-refractivity contribution in [2.75, 3.05) is 33.6 Å². The van der Waals surface area contributed by atoms with E-state index >= 15 is 0 Å². The van der Waals surface area contributed by atoms with Gasteiger partial charge in [0.2, 0.25) is 0 Å². The number of amides is 1. The van der Waals surface area contributed by atoms with Crippen LogP contribution in [-0.4, -0.2) is 54.6 Å². The van der Waals surface area contributed by atoms with Crippen LogP contribution in [0, 0.1) is 19.3 Å². The summed E-state index contributed by atoms with van der Waals surface area (Å²) in [5, 5.41) is 2.72. The van der Waals surface area contributed by atoms with E-state index < -0.39 is 0 Å². The number of nitrogens with zero attached hydrogens (tertiary/aromatic N) is 3. The van der Waals surface area contributed by atoms with Crippen LogP contribution in [0.4, 0.5) is 0 Å². The second-order valence-electron chi connectivity index (χ2n) is 7.65. The molecule has 6 nitrogen and oxygen atoms in total. The molecule has 0 spiro atoms. The molecule has 1 amide bonds. The number of hydroxylamine groups is 2. The molecule has 0 aliphatic carbocycles. The minimum absolute atomic E-state index is 0.161. The fourth-order valence-corrected chi connectivity index (χ4v) is 4.31. The average molecular weight is 560 g/mol. The minimum Gasteiger partial charge on any atom is -0.497 e. The largest absolute Gasteiger partial charge is 0.497 e. The van der Waals surface area contributed by atoms with E-state index in [0.717, 1.165) is 23.3 Å². The number of carbonyl (C=O) groups is 1. The highest BCUT2D eigenvalue weighted by molar-refractivity contribution is 8.14. The molecule has 1 aliphatic heterocycles. The number of rotatable bonds is 9. The molecule has 8 heteroatoms. The molecule has 0 unspecified atom stereocenters. The van der Waals surface area contributed by atoms with Gasteiger partial charge in [-0.05, 0) is 68.7 Å². The first-order chi connectivity index (χ1) is 18.1. The number of ether oxygens (including phenoxy) is 1. The molecule has 1 aliphatic rings. The normalized spacial score (nSPS) is 12.9. The summed E-state index contributed by atoms with van der Waals surface area (Å²) in [5.74, 6) is 3.47. The molecule has 0 bridgehead atoms. The van der Waals surface area contributed by atoms with Crippen molar-refractivity contribution in [2.24, 2.45) is 4.99 Å². The van der Waals surface area contributed by atoms with Crippen LogP contribution in [0.2, 0.25) is 5.02 Å². The summed E-state index contributed by atoms with van der Waals surface area (Å²) in [4.78, 5) is 25.3. The SMILES string of the molecule is C#CC.C=C(C1=CCSC(N(C/C=C(OC)\C(C)=C/CC)C(=O)c2ccc(Cl)cc2C)=N1)N(C)OC.CC. The Morgan fingerprint density at radius 1 is 1.32 bits per heavy atom. The number of aryl methyl sites for hydroxylation is 1. The molecule has 0 aromatic heterocycles. The lowest BCUT2D eigenvalue weighted by molar-refractivity contribution is -0.0745. The summed E-state index contributed by atoms with van der Waals surface area (Å²) in [6.45, 7) is 15.9. The topological polar surface area (TPSA) is 54.4 Å². The van der Waals surface area contributed by atoms with Crippen LogP contribution in [0.25, 0.3) is 0 Å². The smallest absolute Gasteiger partial charge is 0.260 e. The van der Waals surface area contributed by atoms with E-state index in [0.29, 0.717) is 39.4 Å². The van der Waals surface area contributed by atoms with Crippen molar-refractivity contribution in [3.8, 4) is 12.3 Å². The Kier molecular flexibility index (Phi) is 17.7. The molecule has 208 valence electrons. The van der Waals surface area contributed by atoms with Gasteiger partial charge >= 0.3 is 0 Å². The molecule has 0 saturated carbocycles. The van der Waals surface area contributed by atoms with E-state index in [4.69, 9.17) is 26.2 Å². The van der Waals surface area contributed by atoms with Crippen LogP contribution in [0.1, 0.15) is 57.0 Å². The molecule has 38 heavy (non-hydrogen) atoms. The summed E-state index contributed by atoms with van der Waals surface area (Å²) < 4.78 is 5.57. The second kappa shape index (κ2) is 19.2. The highest BCUT2D eigenvalue weighted by Gasteiger charge is 2.25. The number of benzene rings is 1. The molecule has 0 saturated heterocycles. The summed E-state index contributed by atoms with van der Waals surface area (Å²) in [7, 11) is 4.96. The predicted octanol–water partition coefficient (Wildman–Crippen LogP) is 7.64. The van der Waals surface area contributed by atoms with Crippen molar-refractivity contribution in [3.05, 3.63) is 81.9 Å². The number of hydrogen-bond donors (Lipinski definition) is 0. The molecule has 0 fully saturated rings. The zero-order valence-corrected chi connectivity index (χ0v) is 25.8. The number of aliphatic imine (C=N–C) groups is 1. The number of terminal acetylenes is 1. The highest BCUT2D eigenvalue weighted by Crippen LogP contribution is 2.26. The van der Waals surface area contributed by atoms with Crippen LogP contribution < -0.4 is 0 Å². The van der Waals surface area contributed by atoms with Crippen LogP contribution in [0.15, 0.2) is 70.7 Å². The predicted molar refractivity (Wildman–Crippen MR) is 164 cm³/mol. The van der Waals surface area contributed by atoms with Gasteiger partial charge in [-0.15, -0.1) is 12.3 Å². The monoisotopic (exact) mass is 559 g/mol. The van der Waals surface area contributed by atoms with Gasteiger partial charge in [-0.3, -0.25) is 19.6 Å². The van der Waals surface area contributed by atoms with E-state index in [1.54, 1.807) is 56.4 Å². The lowest BCUT2D eigenvalue weighted by Crippen LogP contribution is -2.37. The number of allylic oxidation sites excluding steroid dienone is 2. The Balaban J connectivity index is 0.00000255. The van der Waals surface area contributed by atoms with Crippen molar-refractivity contribution in [2.45, 2.75) is 48.0 Å². The fraction of sp³-hybridized carbons (Fsp3) is 0.400. The maximum absolute atomic E-state index is 13.7. The lowest BCUT2D eigenvalue weighted by Gasteiger charge is -2.27. The standard InChI is InChI=1S/C25H32ClN3O3S.C3H4.C2H6/c1-8-9-17(2)23(31-6)12-14-29(24(30)21-11-10-20(26)16-18(21)3)25-27-22(13-15-33-25)19(4)28(5)32-7;1-3-2;1-2/h9-13,16H,4,8,14-15H2,1-3,5-7H3;1H,2H3;1-2H3/b17-9-,23-12+;;. The maximum atomic E-state index is 13.7. The van der Waals surface area contributed by atoms with Gasteiger partial charge in [0.15, 0.2) is 5.17 Å². The van der Waals surface area contributed by atoms with Crippen LogP contribution >= 0.6 is 23.4 Å². The van der Waals surface area contributed by atoms with Crippen LogP contribution in [0.5, 0.6) is 0 Å². The third kappa shape index (κ3) is 10.8. The van der Waals surface area contributed by atoms with Crippen molar-refractivity contribution in [3.63, 3.8) is 0 Å². The first-order valence-corrected chi connectivity index (χ1v) is 13.8. The Morgan fingerprint density at radius 3 is 2.47 bits per heavy atom. The van der Waals surface area contributed by atoms with Gasteiger partial charge in [0.05, 0.1) is 32.2 Å². The lowest BCUT2D eigenvalue weighted by atomic mass is 10.1. The van der Waals surface area contributed by atoms with E-state index in [1.807, 2.05) is 39.8 Å². The van der Waals surface area contributed by atoms with Crippen LogP contribution in [-0.2, 0) is 9.57 Å². The molecule has 2 rings (SSSR count). The van der Waals surface area contributed by atoms with Gasteiger partial charge < -0.3 is 4.74 Å². The summed E-state index contributed by atoms with van der Waals surface area (Å²) in [6.07, 6.45) is 11.4. The van der Waals surface area contributed by atoms with Crippen molar-refractivity contribution < 1.29 is 14.4 Å². The van der Waals surface area contributed by atoms with Crippen molar-refractivity contribution in [1.82, 2.24) is 9.96 Å². The van der Waals surface area contributed by atoms with E-state index in [2.05, 4.69) is 31.9 Å². The Bertz CT molecular complexity index is 1100. The Labute approximate surface area is 239 Å². The number of thioether (sulfide) groups is 1. The number of methoxy groups -OCH3 is 1. The summed E-state index contributed by atoms with van der Waals surface area (Å²) in [5.41, 5.74) is 3.66. The van der Waals surface area contributed by atoms with E-state index in [9.17, 15) is 4.79 Å². The quantitative estimate of drug-likeness (QED) is 0.135. The third-order valence-corrected chi connectivity index (χ3v) is 6.27. The number of likely N-dealkylation sites (N-methyl/N-ethyl adjacent to an activating group) is 1. The van der Waals surface area contributed by atoms with E-state index in [1.165, 1.54) is 11.8 Å². The Morgan fingerprint density at radius 2 is 1.95 bits per heavy atom. The average Bonchev–Trinajstić information content (AvgIpc) is 2.91. The van der Waals surface area contributed by atoms with Gasteiger partial charge in [0, 0.05) is 23.4 Å². The fourth-order valence-electron chi connectivity index (χ4n) is 3.21. The van der Waals surface area contributed by atoms with E-state index in [-0.39, 0.29) is 5.91 Å². The van der Waals surface area contributed by atoms with Gasteiger partial charge in [-0.2, -0.15) is 0 Å². The van der Waals surface area contributed by atoms with Crippen LogP contribution in [0.3, 0.4) is 0 Å². The summed E-state index contributed by atoms with van der Waals surface area (Å²) >= 11 is 7.60. The molecular formula is C30H42ClN3O3S. The number of carbonyl (C=O) groups excluding carboxylic acids is 1. The molecule has 1 aromatic carbocycles. The first-order valence-electron chi connectivity index (χ1n) is 12.4. The zero-order valence-electron chi connectivity index (χ0n) is 24.2. The van der Waals surface area contributed by atoms with Gasteiger partial charge in [0.25, 0.3) is 5.91 Å². The molecule has 0 radical (unpaired) electrons. The molecule has 1 aromatic rings. The third-order valence-electron chi connectivity index (χ3n) is 5.13. The summed E-state index contributed by atoms with van der Waals surface area (Å²) in [6, 6.07) is 5.26. The highest BCUT2D eigenvalue weighted by atomic mass is 35.5. The van der Waals surface area contributed by atoms with Crippen molar-refractivity contribution in [1.29, 1.82) is 0 Å². The molecular weight excluding hydrogens is 518 g/mol. The zero-order chi connectivity index (χ0) is 29.3. The first kappa shape index (κ1) is 35.1.